The molecule has 0 atom stereocenters. The fourth-order valence-corrected chi connectivity index (χ4v) is 1.66. The zero-order valence-corrected chi connectivity index (χ0v) is 9.68. The quantitative estimate of drug-likeness (QED) is 0.758. The fourth-order valence-electron chi connectivity index (χ4n) is 1.46. The Kier molecular flexibility index (Phi) is 3.44. The summed E-state index contributed by atoms with van der Waals surface area (Å²) in [4.78, 5) is 23.8. The van der Waals surface area contributed by atoms with E-state index < -0.39 is 6.09 Å². The summed E-state index contributed by atoms with van der Waals surface area (Å²) in [5.74, 6) is -0.382. The number of hydrogen-bond donors (Lipinski definition) is 0. The molecule has 1 aliphatic heterocycles. The second-order valence-corrected chi connectivity index (χ2v) is 3.93. The molecule has 0 bridgehead atoms. The van der Waals surface area contributed by atoms with Crippen molar-refractivity contribution in [3.63, 3.8) is 0 Å². The van der Waals surface area contributed by atoms with Crippen LogP contribution in [0.4, 0.5) is 4.79 Å². The first kappa shape index (κ1) is 11.7. The van der Waals surface area contributed by atoms with Crippen LogP contribution in [0.25, 0.3) is 6.08 Å². The molecule has 5 heteroatoms. The smallest absolute Gasteiger partial charge is 0.416 e. The Bertz CT molecular complexity index is 484. The van der Waals surface area contributed by atoms with Crippen molar-refractivity contribution in [1.29, 1.82) is 0 Å². The van der Waals surface area contributed by atoms with Crippen LogP contribution >= 0.6 is 11.6 Å². The lowest BCUT2D eigenvalue weighted by Crippen LogP contribution is -2.29. The summed E-state index contributed by atoms with van der Waals surface area (Å²) in [6, 6.07) is 7.08. The maximum absolute atomic E-state index is 11.6. The van der Waals surface area contributed by atoms with E-state index in [9.17, 15) is 9.59 Å². The molecule has 1 saturated heterocycles. The third kappa shape index (κ3) is 2.85. The van der Waals surface area contributed by atoms with Gasteiger partial charge in [0.15, 0.2) is 0 Å². The maximum atomic E-state index is 11.6. The van der Waals surface area contributed by atoms with E-state index in [4.69, 9.17) is 11.6 Å². The summed E-state index contributed by atoms with van der Waals surface area (Å²) < 4.78 is 4.67. The van der Waals surface area contributed by atoms with E-state index >= 15 is 0 Å². The number of rotatable bonds is 2. The van der Waals surface area contributed by atoms with Gasteiger partial charge >= 0.3 is 6.09 Å². The largest absolute Gasteiger partial charge is 0.447 e. The predicted octanol–water partition coefficient (Wildman–Crippen LogP) is 2.33. The van der Waals surface area contributed by atoms with Crippen LogP contribution in [0, 0.1) is 0 Å². The number of cyclic esters (lactones) is 1. The second kappa shape index (κ2) is 5.01. The van der Waals surface area contributed by atoms with Gasteiger partial charge in [-0.3, -0.25) is 4.79 Å². The zero-order valence-electron chi connectivity index (χ0n) is 8.93. The van der Waals surface area contributed by atoms with Gasteiger partial charge in [-0.05, 0) is 23.8 Å². The van der Waals surface area contributed by atoms with Crippen LogP contribution in [-0.4, -0.2) is 30.1 Å². The highest BCUT2D eigenvalue weighted by atomic mass is 35.5. The number of carbonyl (C=O) groups is 2. The minimum Gasteiger partial charge on any atom is -0.447 e. The third-order valence-corrected chi connectivity index (χ3v) is 2.53. The fraction of sp³-hybridized carbons (Fsp3) is 0.167. The average Bonchev–Trinajstić information content (AvgIpc) is 2.72. The lowest BCUT2D eigenvalue weighted by Gasteiger charge is -2.06. The van der Waals surface area contributed by atoms with Crippen LogP contribution in [-0.2, 0) is 9.53 Å². The van der Waals surface area contributed by atoms with Crippen molar-refractivity contribution in [3.05, 3.63) is 40.9 Å². The second-order valence-electron chi connectivity index (χ2n) is 3.49. The van der Waals surface area contributed by atoms with Crippen LogP contribution < -0.4 is 0 Å². The van der Waals surface area contributed by atoms with Crippen molar-refractivity contribution < 1.29 is 14.3 Å². The molecule has 0 radical (unpaired) electrons. The van der Waals surface area contributed by atoms with Crippen LogP contribution in [0.15, 0.2) is 30.3 Å². The van der Waals surface area contributed by atoms with Gasteiger partial charge in [-0.2, -0.15) is 0 Å². The number of ether oxygens (including phenoxy) is 1. The summed E-state index contributed by atoms with van der Waals surface area (Å²) in [6.07, 6.45) is 2.35. The maximum Gasteiger partial charge on any atom is 0.416 e. The summed E-state index contributed by atoms with van der Waals surface area (Å²) in [6.45, 7) is 0.563. The van der Waals surface area contributed by atoms with Crippen molar-refractivity contribution in [1.82, 2.24) is 4.90 Å². The summed E-state index contributed by atoms with van der Waals surface area (Å²) in [5, 5.41) is 0.597. The highest BCUT2D eigenvalue weighted by Crippen LogP contribution is 2.12. The number of amides is 2. The van der Waals surface area contributed by atoms with Gasteiger partial charge in [0.1, 0.15) is 6.61 Å². The predicted molar refractivity (Wildman–Crippen MR) is 63.5 cm³/mol. The molecule has 2 rings (SSSR count). The molecule has 1 aliphatic rings. The van der Waals surface area contributed by atoms with E-state index in [0.717, 1.165) is 10.5 Å². The summed E-state index contributed by atoms with van der Waals surface area (Å²) in [5.41, 5.74) is 0.804. The molecule has 0 aromatic heterocycles. The molecular formula is C12H10ClNO3. The molecule has 2 amide bonds. The van der Waals surface area contributed by atoms with Crippen molar-refractivity contribution in [2.75, 3.05) is 13.2 Å². The van der Waals surface area contributed by atoms with Crippen LogP contribution in [0.1, 0.15) is 5.56 Å². The SMILES string of the molecule is O=C(/C=C/c1cccc(Cl)c1)N1CCOC1=O. The lowest BCUT2D eigenvalue weighted by atomic mass is 10.2. The molecule has 0 aliphatic carbocycles. The normalized spacial score (nSPS) is 15.4. The molecule has 4 nitrogen and oxygen atoms in total. The minimum absolute atomic E-state index is 0.260. The Labute approximate surface area is 103 Å². The average molecular weight is 252 g/mol. The molecule has 0 unspecified atom stereocenters. The van der Waals surface area contributed by atoms with Gasteiger partial charge in [-0.25, -0.2) is 9.69 Å². The molecule has 1 aromatic carbocycles. The van der Waals surface area contributed by atoms with Gasteiger partial charge in [-0.15, -0.1) is 0 Å². The first-order valence-electron chi connectivity index (χ1n) is 5.09. The Morgan fingerprint density at radius 2 is 2.29 bits per heavy atom. The molecule has 0 saturated carbocycles. The van der Waals surface area contributed by atoms with Crippen molar-refractivity contribution in [2.45, 2.75) is 0 Å². The molecule has 1 fully saturated rings. The van der Waals surface area contributed by atoms with E-state index in [1.165, 1.54) is 6.08 Å². The molecule has 1 heterocycles. The summed E-state index contributed by atoms with van der Waals surface area (Å²) in [7, 11) is 0. The number of halogens is 1. The Morgan fingerprint density at radius 3 is 2.94 bits per heavy atom. The zero-order chi connectivity index (χ0) is 12.3. The van der Waals surface area contributed by atoms with Gasteiger partial charge in [0.2, 0.25) is 0 Å². The number of carbonyl (C=O) groups excluding carboxylic acids is 2. The Balaban J connectivity index is 2.05. The van der Waals surface area contributed by atoms with E-state index in [1.807, 2.05) is 6.07 Å². The lowest BCUT2D eigenvalue weighted by molar-refractivity contribution is -0.122. The third-order valence-electron chi connectivity index (χ3n) is 2.29. The highest BCUT2D eigenvalue weighted by Gasteiger charge is 2.26. The molecule has 88 valence electrons. The van der Waals surface area contributed by atoms with E-state index in [2.05, 4.69) is 4.74 Å². The van der Waals surface area contributed by atoms with E-state index in [1.54, 1.807) is 24.3 Å². The number of benzene rings is 1. The number of imide groups is 1. The van der Waals surface area contributed by atoms with Crippen LogP contribution in [0.5, 0.6) is 0 Å². The van der Waals surface area contributed by atoms with Crippen LogP contribution in [0.3, 0.4) is 0 Å². The molecule has 1 aromatic rings. The van der Waals surface area contributed by atoms with Gasteiger partial charge < -0.3 is 4.74 Å². The monoisotopic (exact) mass is 251 g/mol. The highest BCUT2D eigenvalue weighted by molar-refractivity contribution is 6.30. The minimum atomic E-state index is -0.592. The van der Waals surface area contributed by atoms with Crippen molar-refractivity contribution in [3.8, 4) is 0 Å². The topological polar surface area (TPSA) is 46.6 Å². The first-order valence-corrected chi connectivity index (χ1v) is 5.46. The van der Waals surface area contributed by atoms with Crippen molar-refractivity contribution in [2.24, 2.45) is 0 Å². The molecule has 17 heavy (non-hydrogen) atoms. The Morgan fingerprint density at radius 1 is 1.47 bits per heavy atom. The van der Waals surface area contributed by atoms with Gasteiger partial charge in [-0.1, -0.05) is 23.7 Å². The van der Waals surface area contributed by atoms with Gasteiger partial charge in [0.05, 0.1) is 6.54 Å². The number of nitrogens with zero attached hydrogens (tertiary/aromatic N) is 1. The van der Waals surface area contributed by atoms with Gasteiger partial charge in [0, 0.05) is 11.1 Å². The Hall–Kier alpha value is -1.81. The number of hydrogen-bond acceptors (Lipinski definition) is 3. The standard InChI is InChI=1S/C12H10ClNO3/c13-10-3-1-2-9(8-10)4-5-11(15)14-6-7-17-12(14)16/h1-5,8H,6-7H2/b5-4+. The first-order chi connectivity index (χ1) is 8.16. The van der Waals surface area contributed by atoms with Crippen LogP contribution in [0.2, 0.25) is 5.02 Å². The van der Waals surface area contributed by atoms with E-state index in [0.29, 0.717) is 11.6 Å². The molecule has 0 spiro atoms. The molecular weight excluding hydrogens is 242 g/mol. The van der Waals surface area contributed by atoms with Gasteiger partial charge in [0.25, 0.3) is 5.91 Å². The van der Waals surface area contributed by atoms with E-state index in [-0.39, 0.29) is 12.5 Å². The summed E-state index contributed by atoms with van der Waals surface area (Å²) >= 11 is 5.81. The van der Waals surface area contributed by atoms with Crippen molar-refractivity contribution >= 4 is 29.7 Å². The molecule has 0 N–H and O–H groups in total.